The van der Waals surface area contributed by atoms with Crippen LogP contribution in [-0.4, -0.2) is 38.5 Å². The number of hydrogen-bond acceptors (Lipinski definition) is 4. The average Bonchev–Trinajstić information content (AvgIpc) is 3.22. The fourth-order valence-corrected chi connectivity index (χ4v) is 3.81. The summed E-state index contributed by atoms with van der Waals surface area (Å²) < 4.78 is 7.48. The molecule has 3 heterocycles. The lowest BCUT2D eigenvalue weighted by Crippen LogP contribution is -2.35. The van der Waals surface area contributed by atoms with Gasteiger partial charge in [0.05, 0.1) is 12.6 Å². The Morgan fingerprint density at radius 1 is 1.21 bits per heavy atom. The van der Waals surface area contributed by atoms with Crippen LogP contribution in [0.2, 0.25) is 0 Å². The SMILES string of the molecule is CCc1ccc(C(c2cccnc2)N(CC)C(=O)c2cn3c(n2)COCC3)cc1. The molecule has 0 saturated heterocycles. The van der Waals surface area contributed by atoms with Crippen LogP contribution < -0.4 is 0 Å². The molecule has 0 aliphatic carbocycles. The summed E-state index contributed by atoms with van der Waals surface area (Å²) in [5.74, 6) is 0.726. The van der Waals surface area contributed by atoms with E-state index in [9.17, 15) is 4.79 Å². The Bertz CT molecular complexity index is 943. The number of benzene rings is 1. The van der Waals surface area contributed by atoms with Crippen LogP contribution in [0, 0.1) is 0 Å². The van der Waals surface area contributed by atoms with Gasteiger partial charge in [-0.25, -0.2) is 4.98 Å². The minimum absolute atomic E-state index is 0.0807. The molecule has 0 spiro atoms. The highest BCUT2D eigenvalue weighted by molar-refractivity contribution is 5.92. The molecular formula is C23H26N4O2. The second-order valence-corrected chi connectivity index (χ2v) is 7.16. The van der Waals surface area contributed by atoms with Crippen LogP contribution in [0.1, 0.15) is 52.9 Å². The van der Waals surface area contributed by atoms with Gasteiger partial charge < -0.3 is 14.2 Å². The van der Waals surface area contributed by atoms with Crippen LogP contribution in [0.15, 0.2) is 55.0 Å². The number of hydrogen-bond donors (Lipinski definition) is 0. The Balaban J connectivity index is 1.72. The minimum atomic E-state index is -0.220. The summed E-state index contributed by atoms with van der Waals surface area (Å²) >= 11 is 0. The quantitative estimate of drug-likeness (QED) is 0.645. The van der Waals surface area contributed by atoms with E-state index in [1.54, 1.807) is 6.20 Å². The Hall–Kier alpha value is -2.99. The monoisotopic (exact) mass is 390 g/mol. The number of fused-ring (bicyclic) bond motifs is 1. The first-order valence-electron chi connectivity index (χ1n) is 10.1. The number of carbonyl (C=O) groups is 1. The van der Waals surface area contributed by atoms with Crippen molar-refractivity contribution in [2.45, 2.75) is 39.5 Å². The summed E-state index contributed by atoms with van der Waals surface area (Å²) in [5.41, 5.74) is 3.79. The van der Waals surface area contributed by atoms with E-state index in [2.05, 4.69) is 41.2 Å². The normalized spacial score (nSPS) is 14.3. The number of aryl methyl sites for hydroxylation is 1. The van der Waals surface area contributed by atoms with E-state index < -0.39 is 0 Å². The second kappa shape index (κ2) is 8.57. The number of rotatable bonds is 6. The Kier molecular flexibility index (Phi) is 5.71. The van der Waals surface area contributed by atoms with E-state index in [-0.39, 0.29) is 11.9 Å². The lowest BCUT2D eigenvalue weighted by atomic mass is 9.96. The van der Waals surface area contributed by atoms with Gasteiger partial charge in [0.15, 0.2) is 0 Å². The summed E-state index contributed by atoms with van der Waals surface area (Å²) in [6.45, 7) is 6.53. The lowest BCUT2D eigenvalue weighted by molar-refractivity contribution is 0.0710. The van der Waals surface area contributed by atoms with Gasteiger partial charge in [-0.1, -0.05) is 37.3 Å². The van der Waals surface area contributed by atoms with Crippen molar-refractivity contribution in [3.8, 4) is 0 Å². The molecule has 1 amide bonds. The summed E-state index contributed by atoms with van der Waals surface area (Å²) in [7, 11) is 0. The lowest BCUT2D eigenvalue weighted by Gasteiger charge is -2.31. The van der Waals surface area contributed by atoms with Gasteiger partial charge in [0.25, 0.3) is 5.91 Å². The molecule has 3 aromatic rings. The number of amides is 1. The van der Waals surface area contributed by atoms with Crippen LogP contribution >= 0.6 is 0 Å². The minimum Gasteiger partial charge on any atom is -0.372 e. The van der Waals surface area contributed by atoms with Gasteiger partial charge in [0, 0.05) is 31.7 Å². The number of imidazole rings is 1. The molecule has 2 aromatic heterocycles. The standard InChI is InChI=1S/C23H26N4O2/c1-3-17-7-9-18(10-8-17)22(19-6-5-11-24-14-19)27(4-2)23(28)20-15-26-12-13-29-16-21(26)25-20/h5-11,14-15,22H,3-4,12-13,16H2,1-2H3. The van der Waals surface area contributed by atoms with E-state index in [0.717, 1.165) is 29.9 Å². The van der Waals surface area contributed by atoms with Crippen molar-refractivity contribution in [1.82, 2.24) is 19.4 Å². The summed E-state index contributed by atoms with van der Waals surface area (Å²) in [6.07, 6.45) is 6.42. The van der Waals surface area contributed by atoms with E-state index in [1.165, 1.54) is 5.56 Å². The zero-order chi connectivity index (χ0) is 20.2. The van der Waals surface area contributed by atoms with Crippen LogP contribution in [0.25, 0.3) is 0 Å². The average molecular weight is 390 g/mol. The molecule has 1 unspecified atom stereocenters. The Morgan fingerprint density at radius 3 is 2.69 bits per heavy atom. The largest absolute Gasteiger partial charge is 0.372 e. The molecule has 150 valence electrons. The molecule has 1 aromatic carbocycles. The first-order valence-corrected chi connectivity index (χ1v) is 10.1. The van der Waals surface area contributed by atoms with Gasteiger partial charge in [-0.15, -0.1) is 0 Å². The molecule has 1 aliphatic heterocycles. The third-order valence-electron chi connectivity index (χ3n) is 5.40. The van der Waals surface area contributed by atoms with E-state index in [0.29, 0.717) is 25.5 Å². The van der Waals surface area contributed by atoms with Crippen molar-refractivity contribution in [3.63, 3.8) is 0 Å². The maximum Gasteiger partial charge on any atom is 0.274 e. The van der Waals surface area contributed by atoms with Gasteiger partial charge in [-0.2, -0.15) is 0 Å². The smallest absolute Gasteiger partial charge is 0.274 e. The van der Waals surface area contributed by atoms with Crippen molar-refractivity contribution in [2.75, 3.05) is 13.2 Å². The predicted molar refractivity (Wildman–Crippen MR) is 110 cm³/mol. The van der Waals surface area contributed by atoms with Crippen molar-refractivity contribution in [2.24, 2.45) is 0 Å². The van der Waals surface area contributed by atoms with Gasteiger partial charge >= 0.3 is 0 Å². The number of carbonyl (C=O) groups excluding carboxylic acids is 1. The highest BCUT2D eigenvalue weighted by Gasteiger charge is 2.29. The third-order valence-corrected chi connectivity index (χ3v) is 5.40. The zero-order valence-corrected chi connectivity index (χ0v) is 16.9. The molecule has 0 saturated carbocycles. The van der Waals surface area contributed by atoms with Crippen LogP contribution in [0.3, 0.4) is 0 Å². The summed E-state index contributed by atoms with van der Waals surface area (Å²) in [4.78, 5) is 24.2. The van der Waals surface area contributed by atoms with Gasteiger partial charge in [-0.3, -0.25) is 9.78 Å². The fraction of sp³-hybridized carbons (Fsp3) is 0.348. The van der Waals surface area contributed by atoms with Gasteiger partial charge in [-0.05, 0) is 36.1 Å². The van der Waals surface area contributed by atoms with Gasteiger partial charge in [0.1, 0.15) is 18.1 Å². The van der Waals surface area contributed by atoms with Crippen molar-refractivity contribution in [3.05, 3.63) is 83.2 Å². The summed E-state index contributed by atoms with van der Waals surface area (Å²) in [5, 5.41) is 0. The second-order valence-electron chi connectivity index (χ2n) is 7.16. The van der Waals surface area contributed by atoms with E-state index in [4.69, 9.17) is 4.74 Å². The molecule has 0 fully saturated rings. The van der Waals surface area contributed by atoms with Crippen LogP contribution in [0.5, 0.6) is 0 Å². The molecule has 4 rings (SSSR count). The maximum atomic E-state index is 13.5. The van der Waals surface area contributed by atoms with Crippen molar-refractivity contribution >= 4 is 5.91 Å². The molecule has 29 heavy (non-hydrogen) atoms. The summed E-state index contributed by atoms with van der Waals surface area (Å²) in [6, 6.07) is 12.2. The third kappa shape index (κ3) is 3.93. The van der Waals surface area contributed by atoms with E-state index >= 15 is 0 Å². The van der Waals surface area contributed by atoms with E-state index in [1.807, 2.05) is 40.9 Å². The van der Waals surface area contributed by atoms with Crippen molar-refractivity contribution < 1.29 is 9.53 Å². The number of ether oxygens (including phenoxy) is 1. The first-order chi connectivity index (χ1) is 14.2. The highest BCUT2D eigenvalue weighted by atomic mass is 16.5. The number of aromatic nitrogens is 3. The first kappa shape index (κ1) is 19.3. The Labute approximate surface area is 171 Å². The van der Waals surface area contributed by atoms with Gasteiger partial charge in [0.2, 0.25) is 0 Å². The topological polar surface area (TPSA) is 60.2 Å². The van der Waals surface area contributed by atoms with Crippen LogP contribution in [0.4, 0.5) is 0 Å². The van der Waals surface area contributed by atoms with Crippen LogP contribution in [-0.2, 0) is 24.3 Å². The molecule has 6 heteroatoms. The van der Waals surface area contributed by atoms with Crippen molar-refractivity contribution in [1.29, 1.82) is 0 Å². The predicted octanol–water partition coefficient (Wildman–Crippen LogP) is 3.62. The Morgan fingerprint density at radius 2 is 2.03 bits per heavy atom. The molecule has 1 aliphatic rings. The molecule has 0 bridgehead atoms. The molecule has 0 N–H and O–H groups in total. The zero-order valence-electron chi connectivity index (χ0n) is 16.9. The molecule has 1 atom stereocenters. The molecule has 0 radical (unpaired) electrons. The highest BCUT2D eigenvalue weighted by Crippen LogP contribution is 2.30. The molecule has 6 nitrogen and oxygen atoms in total. The molecular weight excluding hydrogens is 364 g/mol. The maximum absolute atomic E-state index is 13.5. The number of nitrogens with zero attached hydrogens (tertiary/aromatic N) is 4. The fourth-order valence-electron chi connectivity index (χ4n) is 3.81. The number of pyridine rings is 1.